The van der Waals surface area contributed by atoms with E-state index in [9.17, 15) is 16.8 Å². The van der Waals surface area contributed by atoms with Crippen LogP contribution in [0.4, 0.5) is 0 Å². The number of rotatable bonds is 9. The normalized spacial score (nSPS) is 12.3. The number of hydrogen-bond acceptors (Lipinski definition) is 5. The predicted molar refractivity (Wildman–Crippen MR) is 110 cm³/mol. The molecule has 0 aliphatic rings. The minimum atomic E-state index is -3.57. The van der Waals surface area contributed by atoms with Crippen LogP contribution < -0.4 is 9.46 Å². The van der Waals surface area contributed by atoms with Crippen LogP contribution in [0.1, 0.15) is 5.56 Å². The van der Waals surface area contributed by atoms with E-state index in [-0.39, 0.29) is 28.8 Å². The van der Waals surface area contributed by atoms with E-state index in [0.29, 0.717) is 16.3 Å². The molecule has 0 fully saturated rings. The molecule has 2 aromatic carbocycles. The summed E-state index contributed by atoms with van der Waals surface area (Å²) in [5.74, 6) is 0.197. The molecule has 0 saturated carbocycles. The Kier molecular flexibility index (Phi) is 7.72. The maximum Gasteiger partial charge on any atom is 0.242 e. The quantitative estimate of drug-likeness (QED) is 0.573. The second kappa shape index (κ2) is 9.43. The van der Waals surface area contributed by atoms with Crippen molar-refractivity contribution in [3.05, 3.63) is 58.1 Å². The molecule has 28 heavy (non-hydrogen) atoms. The Morgan fingerprint density at radius 3 is 2.18 bits per heavy atom. The molecule has 11 heteroatoms. The van der Waals surface area contributed by atoms with Crippen molar-refractivity contribution in [2.24, 2.45) is 0 Å². The van der Waals surface area contributed by atoms with E-state index in [1.165, 1.54) is 50.5 Å². The molecule has 7 nitrogen and oxygen atoms in total. The van der Waals surface area contributed by atoms with Gasteiger partial charge in [-0.1, -0.05) is 29.3 Å². The Hall–Kier alpha value is -1.36. The van der Waals surface area contributed by atoms with Crippen LogP contribution in [0.3, 0.4) is 0 Å². The summed E-state index contributed by atoms with van der Waals surface area (Å²) in [6.07, 6.45) is 0. The van der Waals surface area contributed by atoms with E-state index in [2.05, 4.69) is 4.72 Å². The van der Waals surface area contributed by atoms with Crippen LogP contribution >= 0.6 is 23.2 Å². The summed E-state index contributed by atoms with van der Waals surface area (Å²) in [6, 6.07) is 10.5. The number of sulfonamides is 2. The monoisotopic (exact) mass is 466 g/mol. The molecule has 1 N–H and O–H groups in total. The second-order valence-corrected chi connectivity index (χ2v) is 10.8. The molecule has 0 aliphatic heterocycles. The lowest BCUT2D eigenvalue weighted by Gasteiger charge is -2.12. The van der Waals surface area contributed by atoms with Crippen molar-refractivity contribution in [1.29, 1.82) is 0 Å². The standard InChI is InChI=1S/C17H20Cl2N2O5S2/c1-21(2)28(24,25)15-6-4-14(5-7-15)26-10-9-20-27(22,23)12-13-3-8-16(18)17(19)11-13/h3-8,11,20H,9-10,12H2,1-2H3. The molecule has 0 radical (unpaired) electrons. The van der Waals surface area contributed by atoms with Crippen molar-refractivity contribution in [2.45, 2.75) is 10.6 Å². The van der Waals surface area contributed by atoms with E-state index in [1.54, 1.807) is 6.07 Å². The van der Waals surface area contributed by atoms with Gasteiger partial charge in [0.2, 0.25) is 20.0 Å². The predicted octanol–water partition coefficient (Wildman–Crippen LogP) is 2.74. The van der Waals surface area contributed by atoms with Crippen molar-refractivity contribution >= 4 is 43.2 Å². The maximum absolute atomic E-state index is 12.1. The molecular formula is C17H20Cl2N2O5S2. The molecular weight excluding hydrogens is 447 g/mol. The summed E-state index contributed by atoms with van der Waals surface area (Å²) in [5.41, 5.74) is 0.514. The van der Waals surface area contributed by atoms with Crippen molar-refractivity contribution in [3.63, 3.8) is 0 Å². The van der Waals surface area contributed by atoms with Gasteiger partial charge < -0.3 is 4.74 Å². The minimum absolute atomic E-state index is 0.0569. The van der Waals surface area contributed by atoms with Gasteiger partial charge in [0.05, 0.1) is 20.7 Å². The first-order valence-corrected chi connectivity index (χ1v) is 11.9. The van der Waals surface area contributed by atoms with Gasteiger partial charge in [0.15, 0.2) is 0 Å². The Morgan fingerprint density at radius 1 is 0.964 bits per heavy atom. The van der Waals surface area contributed by atoms with Crippen LogP contribution in [-0.4, -0.2) is 48.4 Å². The molecule has 0 saturated heterocycles. The van der Waals surface area contributed by atoms with Crippen LogP contribution in [0, 0.1) is 0 Å². The first-order valence-electron chi connectivity index (χ1n) is 8.08. The summed E-state index contributed by atoms with van der Waals surface area (Å²) in [6.45, 7) is 0.141. The Bertz CT molecular complexity index is 1020. The summed E-state index contributed by atoms with van der Waals surface area (Å²) in [7, 11) is -4.18. The molecule has 0 spiro atoms. The fourth-order valence-corrected chi connectivity index (χ4v) is 4.52. The Balaban J connectivity index is 1.85. The molecule has 154 valence electrons. The molecule has 0 amide bonds. The lowest BCUT2D eigenvalue weighted by molar-refractivity contribution is 0.322. The van der Waals surface area contributed by atoms with Gasteiger partial charge in [-0.3, -0.25) is 0 Å². The summed E-state index contributed by atoms with van der Waals surface area (Å²) < 4.78 is 57.2. The highest BCUT2D eigenvalue weighted by Gasteiger charge is 2.17. The first kappa shape index (κ1) is 22.9. The van der Waals surface area contributed by atoms with Gasteiger partial charge in [-0.15, -0.1) is 0 Å². The SMILES string of the molecule is CN(C)S(=O)(=O)c1ccc(OCCNS(=O)(=O)Cc2ccc(Cl)c(Cl)c2)cc1. The van der Waals surface area contributed by atoms with E-state index in [0.717, 1.165) is 4.31 Å². The number of nitrogens with zero attached hydrogens (tertiary/aromatic N) is 1. The highest BCUT2D eigenvalue weighted by molar-refractivity contribution is 7.89. The van der Waals surface area contributed by atoms with E-state index in [1.807, 2.05) is 0 Å². The lowest BCUT2D eigenvalue weighted by Crippen LogP contribution is -2.29. The smallest absolute Gasteiger partial charge is 0.242 e. The minimum Gasteiger partial charge on any atom is -0.492 e. The summed E-state index contributed by atoms with van der Waals surface area (Å²) in [5, 5.41) is 0.644. The van der Waals surface area contributed by atoms with Gasteiger partial charge in [-0.05, 0) is 42.0 Å². The van der Waals surface area contributed by atoms with Crippen molar-refractivity contribution < 1.29 is 21.6 Å². The molecule has 2 rings (SSSR count). The number of benzene rings is 2. The molecule has 0 heterocycles. The van der Waals surface area contributed by atoms with Crippen molar-refractivity contribution in [2.75, 3.05) is 27.2 Å². The molecule has 2 aromatic rings. The van der Waals surface area contributed by atoms with Gasteiger partial charge in [0, 0.05) is 20.6 Å². The number of hydrogen-bond donors (Lipinski definition) is 1. The zero-order chi connectivity index (χ0) is 20.9. The lowest BCUT2D eigenvalue weighted by atomic mass is 10.2. The average Bonchev–Trinajstić information content (AvgIpc) is 2.62. The van der Waals surface area contributed by atoms with Crippen LogP contribution in [0.2, 0.25) is 10.0 Å². The molecule has 0 aromatic heterocycles. The molecule has 0 bridgehead atoms. The molecule has 0 atom stereocenters. The fraction of sp³-hybridized carbons (Fsp3) is 0.294. The Labute approximate surface area is 175 Å². The molecule has 0 unspecified atom stereocenters. The number of nitrogens with one attached hydrogen (secondary N) is 1. The van der Waals surface area contributed by atoms with Gasteiger partial charge in [-0.2, -0.15) is 0 Å². The Morgan fingerprint density at radius 2 is 1.61 bits per heavy atom. The van der Waals surface area contributed by atoms with Crippen LogP contribution in [0.25, 0.3) is 0 Å². The summed E-state index contributed by atoms with van der Waals surface area (Å²) >= 11 is 11.7. The average molecular weight is 467 g/mol. The van der Waals surface area contributed by atoms with Gasteiger partial charge >= 0.3 is 0 Å². The topological polar surface area (TPSA) is 92.8 Å². The highest BCUT2D eigenvalue weighted by atomic mass is 35.5. The van der Waals surface area contributed by atoms with Crippen LogP contribution in [0.5, 0.6) is 5.75 Å². The van der Waals surface area contributed by atoms with Crippen molar-refractivity contribution in [1.82, 2.24) is 9.03 Å². The number of ether oxygens (including phenoxy) is 1. The first-order chi connectivity index (χ1) is 13.0. The van der Waals surface area contributed by atoms with E-state index in [4.69, 9.17) is 27.9 Å². The summed E-state index contributed by atoms with van der Waals surface area (Å²) in [4.78, 5) is 0.146. The highest BCUT2D eigenvalue weighted by Crippen LogP contribution is 2.23. The van der Waals surface area contributed by atoms with E-state index < -0.39 is 20.0 Å². The fourth-order valence-electron chi connectivity index (χ4n) is 2.18. The zero-order valence-electron chi connectivity index (χ0n) is 15.2. The number of halogens is 2. The van der Waals surface area contributed by atoms with Crippen LogP contribution in [-0.2, 0) is 25.8 Å². The van der Waals surface area contributed by atoms with Crippen LogP contribution in [0.15, 0.2) is 47.4 Å². The van der Waals surface area contributed by atoms with Gasteiger partial charge in [0.25, 0.3) is 0 Å². The largest absolute Gasteiger partial charge is 0.492 e. The zero-order valence-corrected chi connectivity index (χ0v) is 18.4. The maximum atomic E-state index is 12.1. The second-order valence-electron chi connectivity index (χ2n) is 6.01. The van der Waals surface area contributed by atoms with E-state index >= 15 is 0 Å². The third kappa shape index (κ3) is 6.33. The molecule has 0 aliphatic carbocycles. The van der Waals surface area contributed by atoms with Gasteiger partial charge in [0.1, 0.15) is 12.4 Å². The third-order valence-electron chi connectivity index (χ3n) is 3.64. The third-order valence-corrected chi connectivity index (χ3v) is 7.56. The van der Waals surface area contributed by atoms with Gasteiger partial charge in [-0.25, -0.2) is 25.9 Å². The van der Waals surface area contributed by atoms with Crippen molar-refractivity contribution in [3.8, 4) is 5.75 Å².